The van der Waals surface area contributed by atoms with Crippen LogP contribution in [0, 0.1) is 0 Å². The number of rotatable bonds is 2. The average molecular weight is 348 g/mol. The Morgan fingerprint density at radius 2 is 1.75 bits per heavy atom. The molecule has 0 saturated carbocycles. The highest BCUT2D eigenvalue weighted by atomic mass is 32.1. The van der Waals surface area contributed by atoms with Crippen molar-refractivity contribution in [2.75, 3.05) is 5.32 Å². The Kier molecular flexibility index (Phi) is 4.06. The van der Waals surface area contributed by atoms with Crippen molar-refractivity contribution < 1.29 is 13.2 Å². The van der Waals surface area contributed by atoms with Gasteiger partial charge in [0.05, 0.1) is 5.69 Å². The summed E-state index contributed by atoms with van der Waals surface area (Å²) in [6, 6.07) is 13.6. The minimum absolute atomic E-state index is 0.132. The van der Waals surface area contributed by atoms with E-state index in [1.54, 1.807) is 12.1 Å². The summed E-state index contributed by atoms with van der Waals surface area (Å²) in [7, 11) is 0. The topological polar surface area (TPSA) is 63.8 Å². The van der Waals surface area contributed by atoms with Gasteiger partial charge in [0.25, 0.3) is 0 Å². The van der Waals surface area contributed by atoms with E-state index in [4.69, 9.17) is 5.73 Å². The number of benzene rings is 2. The zero-order valence-corrected chi connectivity index (χ0v) is 12.9. The number of nitrogens with zero attached hydrogens (tertiary/aromatic N) is 2. The summed E-state index contributed by atoms with van der Waals surface area (Å²) >= 11 is 4.66. The normalized spacial score (nSPS) is 11.5. The second kappa shape index (κ2) is 6.04. The van der Waals surface area contributed by atoms with E-state index in [1.165, 1.54) is 0 Å². The van der Waals surface area contributed by atoms with Crippen LogP contribution in [0.25, 0.3) is 22.0 Å². The van der Waals surface area contributed by atoms with Crippen LogP contribution in [0.5, 0.6) is 0 Å². The van der Waals surface area contributed by atoms with Gasteiger partial charge in [0.2, 0.25) is 5.95 Å². The maximum absolute atomic E-state index is 13.1. The van der Waals surface area contributed by atoms with Crippen LogP contribution in [0.1, 0.15) is 5.69 Å². The summed E-state index contributed by atoms with van der Waals surface area (Å²) in [5.74, 6) is -0.291. The van der Waals surface area contributed by atoms with E-state index in [1.807, 2.05) is 30.3 Å². The van der Waals surface area contributed by atoms with Crippen LogP contribution in [0.2, 0.25) is 0 Å². The number of fused-ring (bicyclic) bond motifs is 1. The third kappa shape index (κ3) is 3.28. The first-order chi connectivity index (χ1) is 11.3. The average Bonchev–Trinajstić information content (AvgIpc) is 2.52. The van der Waals surface area contributed by atoms with Crippen LogP contribution in [-0.4, -0.2) is 15.1 Å². The maximum atomic E-state index is 13.1. The molecule has 0 aliphatic rings. The highest BCUT2D eigenvalue weighted by Crippen LogP contribution is 2.33. The molecule has 24 heavy (non-hydrogen) atoms. The van der Waals surface area contributed by atoms with Gasteiger partial charge in [-0.15, -0.1) is 0 Å². The number of hydrogen-bond acceptors (Lipinski definition) is 3. The summed E-state index contributed by atoms with van der Waals surface area (Å²) in [5, 5.41) is 3.83. The molecule has 4 nitrogen and oxygen atoms in total. The fourth-order valence-electron chi connectivity index (χ4n) is 2.35. The Morgan fingerprint density at radius 3 is 2.46 bits per heavy atom. The number of halogens is 3. The zero-order chi connectivity index (χ0) is 17.3. The lowest BCUT2D eigenvalue weighted by atomic mass is 10.0. The number of nitrogens with two attached hydrogens (primary N) is 1. The van der Waals surface area contributed by atoms with E-state index in [-0.39, 0.29) is 16.8 Å². The van der Waals surface area contributed by atoms with Gasteiger partial charge < -0.3 is 11.1 Å². The summed E-state index contributed by atoms with van der Waals surface area (Å²) in [6.07, 6.45) is -4.62. The van der Waals surface area contributed by atoms with Gasteiger partial charge in [-0.3, -0.25) is 0 Å². The van der Waals surface area contributed by atoms with Crippen molar-refractivity contribution in [2.24, 2.45) is 5.73 Å². The van der Waals surface area contributed by atoms with Crippen molar-refractivity contribution in [3.05, 3.63) is 54.2 Å². The molecule has 2 aromatic carbocycles. The molecule has 3 aromatic rings. The van der Waals surface area contributed by atoms with Gasteiger partial charge >= 0.3 is 6.18 Å². The molecule has 0 saturated heterocycles. The zero-order valence-electron chi connectivity index (χ0n) is 12.1. The first-order valence-corrected chi connectivity index (χ1v) is 7.26. The van der Waals surface area contributed by atoms with Gasteiger partial charge in [0.15, 0.2) is 10.8 Å². The molecular formula is C16H11F3N4S. The SMILES string of the molecule is NC(=S)Nc1nc(-c2cccc3ccccc23)cc(C(F)(F)F)n1. The molecule has 0 spiro atoms. The smallest absolute Gasteiger partial charge is 0.376 e. The lowest BCUT2D eigenvalue weighted by Crippen LogP contribution is -2.22. The van der Waals surface area contributed by atoms with Gasteiger partial charge in [-0.25, -0.2) is 9.97 Å². The van der Waals surface area contributed by atoms with Crippen LogP contribution in [0.3, 0.4) is 0 Å². The van der Waals surface area contributed by atoms with Crippen molar-refractivity contribution in [1.82, 2.24) is 9.97 Å². The second-order valence-corrected chi connectivity index (χ2v) is 5.42. The first kappa shape index (κ1) is 16.1. The predicted molar refractivity (Wildman–Crippen MR) is 90.4 cm³/mol. The minimum Gasteiger partial charge on any atom is -0.376 e. The van der Waals surface area contributed by atoms with E-state index in [2.05, 4.69) is 27.5 Å². The van der Waals surface area contributed by atoms with Gasteiger partial charge in [-0.05, 0) is 29.1 Å². The van der Waals surface area contributed by atoms with Crippen molar-refractivity contribution in [3.63, 3.8) is 0 Å². The molecule has 0 amide bonds. The van der Waals surface area contributed by atoms with E-state index >= 15 is 0 Å². The molecule has 1 aromatic heterocycles. The third-order valence-electron chi connectivity index (χ3n) is 3.32. The standard InChI is InChI=1S/C16H11F3N4S/c17-16(18,19)13-8-12(21-15(22-13)23-14(20)24)11-7-3-5-9-4-1-2-6-10(9)11/h1-8H,(H3,20,21,22,23,24). The summed E-state index contributed by atoms with van der Waals surface area (Å²) in [5.41, 5.74) is 4.95. The largest absolute Gasteiger partial charge is 0.433 e. The molecule has 0 unspecified atom stereocenters. The fourth-order valence-corrected chi connectivity index (χ4v) is 2.44. The van der Waals surface area contributed by atoms with Crippen molar-refractivity contribution in [2.45, 2.75) is 6.18 Å². The molecule has 0 atom stereocenters. The Hall–Kier alpha value is -2.74. The van der Waals surface area contributed by atoms with Gasteiger partial charge in [0.1, 0.15) is 0 Å². The highest BCUT2D eigenvalue weighted by molar-refractivity contribution is 7.80. The molecular weight excluding hydrogens is 337 g/mol. The molecule has 0 fully saturated rings. The number of anilines is 1. The van der Waals surface area contributed by atoms with Crippen LogP contribution in [-0.2, 0) is 6.18 Å². The number of aromatic nitrogens is 2. The number of hydrogen-bond donors (Lipinski definition) is 2. The van der Waals surface area contributed by atoms with Crippen LogP contribution < -0.4 is 11.1 Å². The summed E-state index contributed by atoms with van der Waals surface area (Å²) in [6.45, 7) is 0. The minimum atomic E-state index is -4.62. The molecule has 0 aliphatic heterocycles. The van der Waals surface area contributed by atoms with E-state index in [0.717, 1.165) is 16.8 Å². The lowest BCUT2D eigenvalue weighted by Gasteiger charge is -2.12. The van der Waals surface area contributed by atoms with Crippen LogP contribution >= 0.6 is 12.2 Å². The van der Waals surface area contributed by atoms with Crippen LogP contribution in [0.15, 0.2) is 48.5 Å². The van der Waals surface area contributed by atoms with Gasteiger partial charge in [-0.1, -0.05) is 42.5 Å². The molecule has 0 aliphatic carbocycles. The van der Waals surface area contributed by atoms with Crippen LogP contribution in [0.4, 0.5) is 19.1 Å². The molecule has 3 N–H and O–H groups in total. The maximum Gasteiger partial charge on any atom is 0.433 e. The molecule has 0 radical (unpaired) electrons. The fraction of sp³-hybridized carbons (Fsp3) is 0.0625. The summed E-state index contributed by atoms with van der Waals surface area (Å²) < 4.78 is 39.4. The highest BCUT2D eigenvalue weighted by Gasteiger charge is 2.34. The first-order valence-electron chi connectivity index (χ1n) is 6.85. The van der Waals surface area contributed by atoms with Crippen molar-refractivity contribution >= 4 is 34.1 Å². The van der Waals surface area contributed by atoms with Gasteiger partial charge in [0, 0.05) is 5.56 Å². The number of thiocarbonyl (C=S) groups is 1. The van der Waals surface area contributed by atoms with Crippen molar-refractivity contribution in [3.8, 4) is 11.3 Å². The molecule has 1 heterocycles. The molecule has 0 bridgehead atoms. The summed E-state index contributed by atoms with van der Waals surface area (Å²) in [4.78, 5) is 7.55. The molecule has 3 rings (SSSR count). The Morgan fingerprint density at radius 1 is 1.04 bits per heavy atom. The van der Waals surface area contributed by atoms with E-state index in [9.17, 15) is 13.2 Å². The van der Waals surface area contributed by atoms with Gasteiger partial charge in [-0.2, -0.15) is 13.2 Å². The second-order valence-electron chi connectivity index (χ2n) is 4.98. The monoisotopic (exact) mass is 348 g/mol. The Labute approximate surface area is 140 Å². The van der Waals surface area contributed by atoms with E-state index < -0.39 is 11.9 Å². The number of alkyl halides is 3. The number of nitrogens with one attached hydrogen (secondary N) is 1. The van der Waals surface area contributed by atoms with E-state index in [0.29, 0.717) is 5.56 Å². The molecule has 122 valence electrons. The third-order valence-corrected chi connectivity index (χ3v) is 3.42. The Bertz CT molecular complexity index is 919. The molecule has 8 heteroatoms. The predicted octanol–water partition coefficient (Wildman–Crippen LogP) is 3.97. The Balaban J connectivity index is 2.24. The quantitative estimate of drug-likeness (QED) is 0.686. The lowest BCUT2D eigenvalue weighted by molar-refractivity contribution is -0.141. The van der Waals surface area contributed by atoms with Crippen molar-refractivity contribution in [1.29, 1.82) is 0 Å².